The van der Waals surface area contributed by atoms with Crippen LogP contribution < -0.4 is 5.32 Å². The molecule has 0 aliphatic carbocycles. The van der Waals surface area contributed by atoms with E-state index in [1.165, 1.54) is 5.56 Å². The fourth-order valence-corrected chi connectivity index (χ4v) is 2.81. The van der Waals surface area contributed by atoms with Crippen molar-refractivity contribution in [2.24, 2.45) is 0 Å². The second-order valence-electron chi connectivity index (χ2n) is 5.93. The number of nitrogens with zero attached hydrogens (tertiary/aromatic N) is 4. The second kappa shape index (κ2) is 6.18. The molecule has 0 spiro atoms. The summed E-state index contributed by atoms with van der Waals surface area (Å²) in [5.41, 5.74) is 3.90. The minimum atomic E-state index is 0.556. The first-order valence-electron chi connectivity index (χ1n) is 7.92. The summed E-state index contributed by atoms with van der Waals surface area (Å²) in [4.78, 5) is 9.05. The SMILES string of the molecule is Cc1ccc(-c2nc3nc(C)cc(Nc4cccc(Cl)c4)n3n2)cc1. The molecule has 0 atom stereocenters. The van der Waals surface area contributed by atoms with Gasteiger partial charge >= 0.3 is 0 Å². The highest BCUT2D eigenvalue weighted by molar-refractivity contribution is 6.30. The Morgan fingerprint density at radius 1 is 0.960 bits per heavy atom. The molecule has 0 unspecified atom stereocenters. The molecule has 0 aliphatic heterocycles. The molecule has 0 bridgehead atoms. The average Bonchev–Trinajstić information content (AvgIpc) is 2.99. The van der Waals surface area contributed by atoms with Crippen LogP contribution in [0.3, 0.4) is 0 Å². The van der Waals surface area contributed by atoms with E-state index in [4.69, 9.17) is 11.6 Å². The molecule has 0 radical (unpaired) electrons. The zero-order valence-electron chi connectivity index (χ0n) is 13.9. The summed E-state index contributed by atoms with van der Waals surface area (Å²) in [6, 6.07) is 17.6. The fourth-order valence-electron chi connectivity index (χ4n) is 2.61. The molecule has 2 aromatic heterocycles. The summed E-state index contributed by atoms with van der Waals surface area (Å²) < 4.78 is 1.71. The minimum absolute atomic E-state index is 0.556. The maximum atomic E-state index is 6.07. The van der Waals surface area contributed by atoms with E-state index in [9.17, 15) is 0 Å². The van der Waals surface area contributed by atoms with Crippen molar-refractivity contribution in [3.8, 4) is 11.4 Å². The number of benzene rings is 2. The van der Waals surface area contributed by atoms with Gasteiger partial charge < -0.3 is 5.32 Å². The lowest BCUT2D eigenvalue weighted by molar-refractivity contribution is 0.940. The Morgan fingerprint density at radius 2 is 1.76 bits per heavy atom. The summed E-state index contributed by atoms with van der Waals surface area (Å²) in [5.74, 6) is 1.99. The Hall–Kier alpha value is -2.92. The van der Waals surface area contributed by atoms with E-state index in [-0.39, 0.29) is 0 Å². The van der Waals surface area contributed by atoms with Crippen molar-refractivity contribution >= 4 is 28.9 Å². The quantitative estimate of drug-likeness (QED) is 0.577. The third kappa shape index (κ3) is 3.19. The molecular formula is C19H16ClN5. The van der Waals surface area contributed by atoms with Gasteiger partial charge in [0.25, 0.3) is 5.78 Å². The summed E-state index contributed by atoms with van der Waals surface area (Å²) in [6.07, 6.45) is 0. The maximum Gasteiger partial charge on any atom is 0.254 e. The molecular weight excluding hydrogens is 334 g/mol. The topological polar surface area (TPSA) is 55.1 Å². The zero-order chi connectivity index (χ0) is 17.4. The van der Waals surface area contributed by atoms with Crippen molar-refractivity contribution in [3.63, 3.8) is 0 Å². The van der Waals surface area contributed by atoms with E-state index < -0.39 is 0 Å². The summed E-state index contributed by atoms with van der Waals surface area (Å²) >= 11 is 6.07. The van der Waals surface area contributed by atoms with Crippen molar-refractivity contribution in [3.05, 3.63) is 70.9 Å². The van der Waals surface area contributed by atoms with E-state index in [2.05, 4.69) is 27.3 Å². The first kappa shape index (κ1) is 15.6. The van der Waals surface area contributed by atoms with Crippen LogP contribution in [0.2, 0.25) is 5.02 Å². The van der Waals surface area contributed by atoms with Crippen molar-refractivity contribution in [1.82, 2.24) is 19.6 Å². The van der Waals surface area contributed by atoms with Gasteiger partial charge in [-0.25, -0.2) is 4.98 Å². The van der Waals surface area contributed by atoms with Gasteiger partial charge in [0, 0.05) is 28.0 Å². The number of halogens is 1. The summed E-state index contributed by atoms with van der Waals surface area (Å²) in [5, 5.41) is 8.63. The van der Waals surface area contributed by atoms with Crippen LogP contribution in [-0.2, 0) is 0 Å². The van der Waals surface area contributed by atoms with Gasteiger partial charge in [0.1, 0.15) is 5.82 Å². The third-order valence-electron chi connectivity index (χ3n) is 3.85. The molecule has 0 aliphatic rings. The normalized spacial score (nSPS) is 11.0. The van der Waals surface area contributed by atoms with Crippen LogP contribution in [0.15, 0.2) is 54.6 Å². The molecule has 6 heteroatoms. The van der Waals surface area contributed by atoms with Gasteiger partial charge in [-0.05, 0) is 32.0 Å². The number of rotatable bonds is 3. The van der Waals surface area contributed by atoms with E-state index in [0.717, 1.165) is 22.8 Å². The van der Waals surface area contributed by atoms with Crippen molar-refractivity contribution < 1.29 is 0 Å². The van der Waals surface area contributed by atoms with Crippen LogP contribution in [-0.4, -0.2) is 19.6 Å². The van der Waals surface area contributed by atoms with Crippen LogP contribution in [0.4, 0.5) is 11.5 Å². The highest BCUT2D eigenvalue weighted by Gasteiger charge is 2.12. The van der Waals surface area contributed by atoms with Gasteiger partial charge in [-0.2, -0.15) is 9.50 Å². The number of aromatic nitrogens is 4. The van der Waals surface area contributed by atoms with Gasteiger partial charge in [-0.15, -0.1) is 5.10 Å². The van der Waals surface area contributed by atoms with E-state index in [0.29, 0.717) is 16.6 Å². The molecule has 4 rings (SSSR count). The summed E-state index contributed by atoms with van der Waals surface area (Å²) in [7, 11) is 0. The van der Waals surface area contributed by atoms with Gasteiger partial charge in [0.05, 0.1) is 0 Å². The lowest BCUT2D eigenvalue weighted by Crippen LogP contribution is -2.02. The predicted octanol–water partition coefficient (Wildman–Crippen LogP) is 4.81. The lowest BCUT2D eigenvalue weighted by Gasteiger charge is -2.08. The number of nitrogens with one attached hydrogen (secondary N) is 1. The third-order valence-corrected chi connectivity index (χ3v) is 4.08. The van der Waals surface area contributed by atoms with Gasteiger partial charge in [0.2, 0.25) is 0 Å². The number of fused-ring (bicyclic) bond motifs is 1. The zero-order valence-corrected chi connectivity index (χ0v) is 14.6. The number of hydrogen-bond acceptors (Lipinski definition) is 4. The van der Waals surface area contributed by atoms with E-state index in [1.807, 2.05) is 61.5 Å². The Labute approximate surface area is 150 Å². The molecule has 124 valence electrons. The minimum Gasteiger partial charge on any atom is -0.340 e. The molecule has 1 N–H and O–H groups in total. The molecule has 2 heterocycles. The molecule has 0 amide bonds. The maximum absolute atomic E-state index is 6.07. The Bertz CT molecular complexity index is 1050. The number of hydrogen-bond donors (Lipinski definition) is 1. The van der Waals surface area contributed by atoms with Gasteiger partial charge in [-0.1, -0.05) is 47.5 Å². The van der Waals surface area contributed by atoms with Crippen molar-refractivity contribution in [2.75, 3.05) is 5.32 Å². The van der Waals surface area contributed by atoms with Crippen molar-refractivity contribution in [1.29, 1.82) is 0 Å². The monoisotopic (exact) mass is 349 g/mol. The Morgan fingerprint density at radius 3 is 2.52 bits per heavy atom. The van der Waals surface area contributed by atoms with Crippen LogP contribution in [0.25, 0.3) is 17.2 Å². The molecule has 0 saturated carbocycles. The highest BCUT2D eigenvalue weighted by Crippen LogP contribution is 2.23. The largest absolute Gasteiger partial charge is 0.340 e. The molecule has 25 heavy (non-hydrogen) atoms. The molecule has 0 fully saturated rings. The lowest BCUT2D eigenvalue weighted by atomic mass is 10.1. The average molecular weight is 350 g/mol. The summed E-state index contributed by atoms with van der Waals surface area (Å²) in [6.45, 7) is 3.99. The van der Waals surface area contributed by atoms with Crippen molar-refractivity contribution in [2.45, 2.75) is 13.8 Å². The predicted molar refractivity (Wildman–Crippen MR) is 100 cm³/mol. The Balaban J connectivity index is 1.80. The van der Waals surface area contributed by atoms with Gasteiger partial charge in [-0.3, -0.25) is 0 Å². The number of aryl methyl sites for hydroxylation is 2. The van der Waals surface area contributed by atoms with E-state index >= 15 is 0 Å². The standard InChI is InChI=1S/C19H16ClN5/c1-12-6-8-14(9-7-12)18-23-19-21-13(2)10-17(25(19)24-18)22-16-5-3-4-15(20)11-16/h3-11,22H,1-2H3. The van der Waals surface area contributed by atoms with Gasteiger partial charge in [0.15, 0.2) is 5.82 Å². The van der Waals surface area contributed by atoms with Crippen LogP contribution >= 0.6 is 11.6 Å². The van der Waals surface area contributed by atoms with Crippen LogP contribution in [0.1, 0.15) is 11.3 Å². The molecule has 2 aromatic carbocycles. The van der Waals surface area contributed by atoms with Crippen LogP contribution in [0.5, 0.6) is 0 Å². The molecule has 5 nitrogen and oxygen atoms in total. The second-order valence-corrected chi connectivity index (χ2v) is 6.37. The van der Waals surface area contributed by atoms with E-state index in [1.54, 1.807) is 4.52 Å². The Kier molecular flexibility index (Phi) is 3.86. The first-order chi connectivity index (χ1) is 12.1. The molecule has 4 aromatic rings. The first-order valence-corrected chi connectivity index (χ1v) is 8.30. The van der Waals surface area contributed by atoms with Crippen LogP contribution in [0, 0.1) is 13.8 Å². The highest BCUT2D eigenvalue weighted by atomic mass is 35.5. The smallest absolute Gasteiger partial charge is 0.254 e. The number of anilines is 2. The fraction of sp³-hybridized carbons (Fsp3) is 0.105. The molecule has 0 saturated heterocycles.